The van der Waals surface area contributed by atoms with Crippen LogP contribution >= 0.6 is 0 Å². The van der Waals surface area contributed by atoms with Gasteiger partial charge in [0.15, 0.2) is 0 Å². The molecule has 0 saturated heterocycles. The number of aliphatic carboxylic acids is 1. The molecule has 1 aliphatic carbocycles. The van der Waals surface area contributed by atoms with Crippen LogP contribution in [0.2, 0.25) is 0 Å². The number of hydrogen-bond donors (Lipinski definition) is 3. The predicted molar refractivity (Wildman–Crippen MR) is 115 cm³/mol. The molecule has 0 spiro atoms. The highest BCUT2D eigenvalue weighted by Gasteiger charge is 2.40. The van der Waals surface area contributed by atoms with Crippen molar-refractivity contribution in [2.45, 2.75) is 83.8 Å². The van der Waals surface area contributed by atoms with Gasteiger partial charge in [-0.25, -0.2) is 0 Å². The third-order valence-electron chi connectivity index (χ3n) is 6.15. The Labute approximate surface area is 175 Å². The second-order valence-electron chi connectivity index (χ2n) is 8.66. The molecule has 4 nitrogen and oxygen atoms in total. The van der Waals surface area contributed by atoms with E-state index in [4.69, 9.17) is 5.11 Å². The molecule has 2 rings (SSSR count). The fraction of sp³-hybridized carbons (Fsp3) is 0.640. The van der Waals surface area contributed by atoms with E-state index < -0.39 is 18.2 Å². The van der Waals surface area contributed by atoms with E-state index in [1.807, 2.05) is 12.1 Å². The van der Waals surface area contributed by atoms with E-state index in [2.05, 4.69) is 37.8 Å². The number of aliphatic hydroxyl groups excluding tert-OH is 2. The fourth-order valence-electron chi connectivity index (χ4n) is 4.35. The molecule has 1 aromatic carbocycles. The number of hydrogen-bond acceptors (Lipinski definition) is 3. The van der Waals surface area contributed by atoms with E-state index in [1.165, 1.54) is 5.56 Å². The summed E-state index contributed by atoms with van der Waals surface area (Å²) < 4.78 is 0. The van der Waals surface area contributed by atoms with Gasteiger partial charge in [-0.05, 0) is 63.0 Å². The number of unbranched alkanes of at least 4 members (excludes halogenated alkanes) is 3. The van der Waals surface area contributed by atoms with Crippen molar-refractivity contribution in [2.75, 3.05) is 0 Å². The van der Waals surface area contributed by atoms with Gasteiger partial charge < -0.3 is 15.3 Å². The SMILES string of the molecule is Cc1ccc(C#CC(C)CCC2C(O)CC(O)C2CCCCCCC(=O)O)cc1. The molecule has 5 unspecified atom stereocenters. The van der Waals surface area contributed by atoms with E-state index >= 15 is 0 Å². The molecule has 0 aromatic heterocycles. The predicted octanol–water partition coefficient (Wildman–Crippen LogP) is 4.55. The zero-order chi connectivity index (χ0) is 21.2. The van der Waals surface area contributed by atoms with E-state index in [9.17, 15) is 15.0 Å². The molecule has 3 N–H and O–H groups in total. The van der Waals surface area contributed by atoms with Crippen LogP contribution in [-0.4, -0.2) is 33.5 Å². The number of carboxylic acids is 1. The Hall–Kier alpha value is -1.83. The summed E-state index contributed by atoms with van der Waals surface area (Å²) in [7, 11) is 0. The molecule has 0 aliphatic heterocycles. The topological polar surface area (TPSA) is 77.8 Å². The van der Waals surface area contributed by atoms with Crippen LogP contribution in [0.1, 0.15) is 75.8 Å². The Morgan fingerprint density at radius 3 is 2.31 bits per heavy atom. The van der Waals surface area contributed by atoms with E-state index in [0.29, 0.717) is 12.8 Å². The van der Waals surface area contributed by atoms with Crippen molar-refractivity contribution in [1.29, 1.82) is 0 Å². The van der Waals surface area contributed by atoms with Crippen LogP contribution in [0.5, 0.6) is 0 Å². The Morgan fingerprint density at radius 1 is 1.03 bits per heavy atom. The summed E-state index contributed by atoms with van der Waals surface area (Å²) in [5, 5.41) is 29.5. The van der Waals surface area contributed by atoms with E-state index in [-0.39, 0.29) is 24.2 Å². The zero-order valence-corrected chi connectivity index (χ0v) is 17.8. The maximum atomic E-state index is 10.6. The van der Waals surface area contributed by atoms with Crippen LogP contribution in [0, 0.1) is 36.5 Å². The van der Waals surface area contributed by atoms with Crippen LogP contribution in [0.25, 0.3) is 0 Å². The monoisotopic (exact) mass is 400 g/mol. The Morgan fingerprint density at radius 2 is 1.66 bits per heavy atom. The van der Waals surface area contributed by atoms with Crippen molar-refractivity contribution < 1.29 is 20.1 Å². The summed E-state index contributed by atoms with van der Waals surface area (Å²) in [6.45, 7) is 4.18. The minimum Gasteiger partial charge on any atom is -0.481 e. The fourth-order valence-corrected chi connectivity index (χ4v) is 4.35. The minimum absolute atomic E-state index is 0.132. The molecule has 0 amide bonds. The molecule has 1 aliphatic rings. The van der Waals surface area contributed by atoms with Gasteiger partial charge in [-0.1, -0.05) is 55.7 Å². The van der Waals surface area contributed by atoms with E-state index in [0.717, 1.165) is 44.1 Å². The lowest BCUT2D eigenvalue weighted by atomic mass is 9.84. The van der Waals surface area contributed by atoms with Crippen molar-refractivity contribution in [3.63, 3.8) is 0 Å². The lowest BCUT2D eigenvalue weighted by Gasteiger charge is -2.24. The molecule has 29 heavy (non-hydrogen) atoms. The molecular weight excluding hydrogens is 364 g/mol. The number of carboxylic acid groups (broad SMARTS) is 1. The normalized spacial score (nSPS) is 24.7. The summed E-state index contributed by atoms with van der Waals surface area (Å²) in [4.78, 5) is 10.6. The Kier molecular flexibility index (Phi) is 9.70. The van der Waals surface area contributed by atoms with E-state index in [1.54, 1.807) is 0 Å². The maximum absolute atomic E-state index is 10.6. The number of benzene rings is 1. The second kappa shape index (κ2) is 12.0. The first-order valence-corrected chi connectivity index (χ1v) is 11.0. The molecule has 0 heterocycles. The minimum atomic E-state index is -0.737. The number of aryl methyl sites for hydroxylation is 1. The Balaban J connectivity index is 1.77. The summed E-state index contributed by atoms with van der Waals surface area (Å²) in [6.07, 6.45) is 6.13. The quantitative estimate of drug-likeness (QED) is 0.398. The highest BCUT2D eigenvalue weighted by atomic mass is 16.4. The van der Waals surface area contributed by atoms with Gasteiger partial charge >= 0.3 is 5.97 Å². The molecule has 0 bridgehead atoms. The van der Waals surface area contributed by atoms with Gasteiger partial charge in [0.1, 0.15) is 0 Å². The first kappa shape index (κ1) is 23.4. The van der Waals surface area contributed by atoms with Gasteiger partial charge in [0.05, 0.1) is 12.2 Å². The van der Waals surface area contributed by atoms with Crippen molar-refractivity contribution in [1.82, 2.24) is 0 Å². The largest absolute Gasteiger partial charge is 0.481 e. The van der Waals surface area contributed by atoms with Gasteiger partial charge in [0.25, 0.3) is 0 Å². The van der Waals surface area contributed by atoms with Gasteiger partial charge in [-0.3, -0.25) is 4.79 Å². The summed E-state index contributed by atoms with van der Waals surface area (Å²) in [6, 6.07) is 8.21. The van der Waals surface area contributed by atoms with Crippen molar-refractivity contribution in [2.24, 2.45) is 17.8 Å². The van der Waals surface area contributed by atoms with Crippen LogP contribution < -0.4 is 0 Å². The molecule has 1 aromatic rings. The van der Waals surface area contributed by atoms with Gasteiger partial charge in [-0.15, -0.1) is 0 Å². The smallest absolute Gasteiger partial charge is 0.303 e. The second-order valence-corrected chi connectivity index (χ2v) is 8.66. The molecule has 1 fully saturated rings. The van der Waals surface area contributed by atoms with Crippen LogP contribution in [-0.2, 0) is 4.79 Å². The molecular formula is C25H36O4. The molecule has 4 heteroatoms. The zero-order valence-electron chi connectivity index (χ0n) is 17.8. The van der Waals surface area contributed by atoms with Crippen molar-refractivity contribution in [3.8, 4) is 11.8 Å². The lowest BCUT2D eigenvalue weighted by Crippen LogP contribution is -2.22. The van der Waals surface area contributed by atoms with Gasteiger partial charge in [-0.2, -0.15) is 0 Å². The van der Waals surface area contributed by atoms with Crippen LogP contribution in [0.3, 0.4) is 0 Å². The highest BCUT2D eigenvalue weighted by Crippen LogP contribution is 2.39. The summed E-state index contributed by atoms with van der Waals surface area (Å²) in [5.41, 5.74) is 2.25. The van der Waals surface area contributed by atoms with Crippen LogP contribution in [0.15, 0.2) is 24.3 Å². The lowest BCUT2D eigenvalue weighted by molar-refractivity contribution is -0.137. The number of aliphatic hydroxyl groups is 2. The average Bonchev–Trinajstić information content (AvgIpc) is 2.94. The van der Waals surface area contributed by atoms with Gasteiger partial charge in [0, 0.05) is 17.9 Å². The molecule has 0 radical (unpaired) electrons. The number of carbonyl (C=O) groups is 1. The molecule has 5 atom stereocenters. The highest BCUT2D eigenvalue weighted by molar-refractivity contribution is 5.66. The maximum Gasteiger partial charge on any atom is 0.303 e. The third-order valence-corrected chi connectivity index (χ3v) is 6.15. The van der Waals surface area contributed by atoms with Gasteiger partial charge in [0.2, 0.25) is 0 Å². The Bertz CT molecular complexity index is 685. The first-order valence-electron chi connectivity index (χ1n) is 11.0. The standard InChI is InChI=1S/C25H36O4/c1-18-9-13-20(14-10-18)15-11-19(2)12-16-22-21(23(26)17-24(22)27)7-5-3-4-6-8-25(28)29/h9-10,13-14,19,21-24,26-27H,3-8,12,16-17H2,1-2H3,(H,28,29). The summed E-state index contributed by atoms with van der Waals surface area (Å²) in [5.74, 6) is 6.34. The average molecular weight is 401 g/mol. The van der Waals surface area contributed by atoms with Crippen LogP contribution in [0.4, 0.5) is 0 Å². The number of rotatable bonds is 10. The first-order chi connectivity index (χ1) is 13.9. The third kappa shape index (κ3) is 8.20. The summed E-state index contributed by atoms with van der Waals surface area (Å²) >= 11 is 0. The molecule has 160 valence electrons. The van der Waals surface area contributed by atoms with Crippen molar-refractivity contribution in [3.05, 3.63) is 35.4 Å². The molecule has 1 saturated carbocycles. The van der Waals surface area contributed by atoms with Crippen molar-refractivity contribution >= 4 is 5.97 Å².